The molecule has 10 heteroatoms. The smallest absolute Gasteiger partial charge is 0.325 e. The minimum absolute atomic E-state index is 0.140. The van der Waals surface area contributed by atoms with Crippen molar-refractivity contribution >= 4 is 24.0 Å². The fourth-order valence-corrected chi connectivity index (χ4v) is 3.85. The van der Waals surface area contributed by atoms with E-state index < -0.39 is 5.97 Å². The van der Waals surface area contributed by atoms with E-state index in [1.54, 1.807) is 36.0 Å². The summed E-state index contributed by atoms with van der Waals surface area (Å²) in [5.74, 6) is 0.429. The van der Waals surface area contributed by atoms with E-state index in [1.807, 2.05) is 36.4 Å². The molecule has 1 aromatic heterocycles. The Balaban J connectivity index is 1.52. The lowest BCUT2D eigenvalue weighted by Gasteiger charge is -2.35. The number of carbonyl (C=O) groups is 3. The van der Waals surface area contributed by atoms with Gasteiger partial charge in [0.15, 0.2) is 5.76 Å². The second-order valence-corrected chi connectivity index (χ2v) is 8.17. The molecule has 0 saturated carbocycles. The van der Waals surface area contributed by atoms with E-state index >= 15 is 0 Å². The van der Waals surface area contributed by atoms with Gasteiger partial charge in [-0.15, -0.1) is 0 Å². The van der Waals surface area contributed by atoms with Crippen LogP contribution in [0.15, 0.2) is 53.2 Å². The standard InChI is InChI=1S/C26H34N4O6/c1-3-35-24(31)20-27-26(33)30-17-14-28(15-18-30)13-16-29(25(32)23-11-7-19-36-23)12-6-9-21-8-4-5-10-22(21)34-2/h4-11,19H,3,12-18,20H2,1-2H3,(H,27,33)/b9-6+. The Morgan fingerprint density at radius 2 is 1.89 bits per heavy atom. The summed E-state index contributed by atoms with van der Waals surface area (Å²) in [7, 11) is 1.63. The minimum Gasteiger partial charge on any atom is -0.496 e. The first-order valence-electron chi connectivity index (χ1n) is 12.0. The van der Waals surface area contributed by atoms with E-state index in [1.165, 1.54) is 6.26 Å². The van der Waals surface area contributed by atoms with Crippen molar-refractivity contribution in [3.05, 3.63) is 60.1 Å². The van der Waals surface area contributed by atoms with Gasteiger partial charge in [-0.2, -0.15) is 0 Å². The van der Waals surface area contributed by atoms with E-state index in [0.29, 0.717) is 51.6 Å². The molecule has 0 spiro atoms. The summed E-state index contributed by atoms with van der Waals surface area (Å²) in [5, 5.41) is 2.59. The molecule has 1 aliphatic heterocycles. The number of urea groups is 1. The van der Waals surface area contributed by atoms with Crippen LogP contribution in [0.1, 0.15) is 23.0 Å². The molecule has 1 saturated heterocycles. The van der Waals surface area contributed by atoms with Crippen LogP contribution in [0.2, 0.25) is 0 Å². The Kier molecular flexibility index (Phi) is 10.4. The number of ether oxygens (including phenoxy) is 2. The fraction of sp³-hybridized carbons (Fsp3) is 0.423. The second kappa shape index (κ2) is 13.9. The molecule has 1 aromatic carbocycles. The van der Waals surface area contributed by atoms with Gasteiger partial charge in [0.1, 0.15) is 12.3 Å². The lowest BCUT2D eigenvalue weighted by Crippen LogP contribution is -2.53. The Morgan fingerprint density at radius 1 is 1.11 bits per heavy atom. The Labute approximate surface area is 211 Å². The number of hydrogen-bond donors (Lipinski definition) is 1. The average molecular weight is 499 g/mol. The number of rotatable bonds is 11. The van der Waals surface area contributed by atoms with Crippen LogP contribution in [-0.4, -0.2) is 98.7 Å². The predicted octanol–water partition coefficient (Wildman–Crippen LogP) is 2.33. The quantitative estimate of drug-likeness (QED) is 0.474. The highest BCUT2D eigenvalue weighted by molar-refractivity contribution is 5.91. The van der Waals surface area contributed by atoms with Gasteiger partial charge in [0, 0.05) is 51.4 Å². The number of esters is 1. The van der Waals surface area contributed by atoms with Crippen molar-refractivity contribution in [3.63, 3.8) is 0 Å². The topological polar surface area (TPSA) is 105 Å². The van der Waals surface area contributed by atoms with Crippen molar-refractivity contribution in [2.75, 3.05) is 66.1 Å². The number of nitrogens with one attached hydrogen (secondary N) is 1. The fourth-order valence-electron chi connectivity index (χ4n) is 3.85. The third-order valence-electron chi connectivity index (χ3n) is 5.82. The Bertz CT molecular complexity index is 1020. The molecule has 194 valence electrons. The first-order chi connectivity index (χ1) is 17.5. The molecule has 3 amide bonds. The van der Waals surface area contributed by atoms with E-state index in [-0.39, 0.29) is 25.1 Å². The third-order valence-corrected chi connectivity index (χ3v) is 5.82. The molecular weight excluding hydrogens is 464 g/mol. The summed E-state index contributed by atoms with van der Waals surface area (Å²) in [5.41, 5.74) is 0.933. The summed E-state index contributed by atoms with van der Waals surface area (Å²) in [4.78, 5) is 42.4. The third kappa shape index (κ3) is 7.88. The van der Waals surface area contributed by atoms with Gasteiger partial charge in [0.2, 0.25) is 0 Å². The lowest BCUT2D eigenvalue weighted by atomic mass is 10.2. The van der Waals surface area contributed by atoms with Gasteiger partial charge in [-0.25, -0.2) is 4.79 Å². The summed E-state index contributed by atoms with van der Waals surface area (Å²) < 4.78 is 15.6. The van der Waals surface area contributed by atoms with Gasteiger partial charge in [0.05, 0.1) is 20.0 Å². The van der Waals surface area contributed by atoms with Crippen LogP contribution in [0, 0.1) is 0 Å². The zero-order valence-electron chi connectivity index (χ0n) is 20.9. The Morgan fingerprint density at radius 3 is 2.58 bits per heavy atom. The highest BCUT2D eigenvalue weighted by atomic mass is 16.5. The number of nitrogens with zero attached hydrogens (tertiary/aromatic N) is 3. The Hall–Kier alpha value is -3.79. The minimum atomic E-state index is -0.453. The zero-order chi connectivity index (χ0) is 25.8. The van der Waals surface area contributed by atoms with Crippen LogP contribution in [0.25, 0.3) is 6.08 Å². The maximum absolute atomic E-state index is 13.0. The van der Waals surface area contributed by atoms with Gasteiger partial charge in [0.25, 0.3) is 5.91 Å². The maximum Gasteiger partial charge on any atom is 0.325 e. The number of methoxy groups -OCH3 is 1. The summed E-state index contributed by atoms with van der Waals surface area (Å²) >= 11 is 0. The lowest BCUT2D eigenvalue weighted by molar-refractivity contribution is -0.141. The van der Waals surface area contributed by atoms with Crippen molar-refractivity contribution < 1.29 is 28.3 Å². The number of para-hydroxylation sites is 1. The van der Waals surface area contributed by atoms with Crippen LogP contribution >= 0.6 is 0 Å². The molecule has 0 aliphatic carbocycles. The molecule has 1 fully saturated rings. The molecule has 0 unspecified atom stereocenters. The number of furan rings is 1. The number of piperazine rings is 1. The van der Waals surface area contributed by atoms with Crippen LogP contribution in [0.3, 0.4) is 0 Å². The average Bonchev–Trinajstić information content (AvgIpc) is 3.45. The van der Waals surface area contributed by atoms with Crippen molar-refractivity contribution in [1.29, 1.82) is 0 Å². The van der Waals surface area contributed by atoms with Crippen molar-refractivity contribution in [3.8, 4) is 5.75 Å². The van der Waals surface area contributed by atoms with Crippen LogP contribution in [0.5, 0.6) is 5.75 Å². The van der Waals surface area contributed by atoms with Crippen molar-refractivity contribution in [2.45, 2.75) is 6.92 Å². The highest BCUT2D eigenvalue weighted by Crippen LogP contribution is 2.18. The molecule has 1 N–H and O–H groups in total. The van der Waals surface area contributed by atoms with Gasteiger partial charge in [-0.1, -0.05) is 30.4 Å². The highest BCUT2D eigenvalue weighted by Gasteiger charge is 2.23. The van der Waals surface area contributed by atoms with Gasteiger partial charge in [-0.05, 0) is 25.1 Å². The second-order valence-electron chi connectivity index (χ2n) is 8.17. The molecule has 2 heterocycles. The van der Waals surface area contributed by atoms with E-state index in [4.69, 9.17) is 13.9 Å². The van der Waals surface area contributed by atoms with Gasteiger partial charge in [-0.3, -0.25) is 14.5 Å². The van der Waals surface area contributed by atoms with Crippen molar-refractivity contribution in [2.24, 2.45) is 0 Å². The summed E-state index contributed by atoms with van der Waals surface area (Å²) in [6, 6.07) is 10.8. The molecule has 1 aliphatic rings. The maximum atomic E-state index is 13.0. The van der Waals surface area contributed by atoms with Gasteiger partial charge < -0.3 is 29.0 Å². The van der Waals surface area contributed by atoms with E-state index in [2.05, 4.69) is 10.2 Å². The molecule has 3 rings (SSSR count). The molecule has 2 aromatic rings. The molecular formula is C26H34N4O6. The summed E-state index contributed by atoms with van der Waals surface area (Å²) in [6.07, 6.45) is 5.36. The molecule has 0 radical (unpaired) electrons. The summed E-state index contributed by atoms with van der Waals surface area (Å²) in [6.45, 7) is 5.86. The zero-order valence-corrected chi connectivity index (χ0v) is 20.9. The predicted molar refractivity (Wildman–Crippen MR) is 135 cm³/mol. The van der Waals surface area contributed by atoms with Gasteiger partial charge >= 0.3 is 12.0 Å². The van der Waals surface area contributed by atoms with Crippen LogP contribution < -0.4 is 10.1 Å². The van der Waals surface area contributed by atoms with Crippen LogP contribution in [0.4, 0.5) is 4.79 Å². The van der Waals surface area contributed by atoms with E-state index in [0.717, 1.165) is 11.3 Å². The normalized spacial score (nSPS) is 14.0. The largest absolute Gasteiger partial charge is 0.496 e. The first kappa shape index (κ1) is 26.8. The number of benzene rings is 1. The number of carbonyl (C=O) groups excluding carboxylic acids is 3. The molecule has 10 nitrogen and oxygen atoms in total. The first-order valence-corrected chi connectivity index (χ1v) is 12.0. The monoisotopic (exact) mass is 498 g/mol. The number of hydrogen-bond acceptors (Lipinski definition) is 7. The number of amides is 3. The van der Waals surface area contributed by atoms with Crippen molar-refractivity contribution in [1.82, 2.24) is 20.0 Å². The molecule has 0 atom stereocenters. The SMILES string of the molecule is CCOC(=O)CNC(=O)N1CCN(CCN(C/C=C/c2ccccc2OC)C(=O)c2ccco2)CC1. The van der Waals surface area contributed by atoms with Crippen LogP contribution in [-0.2, 0) is 9.53 Å². The molecule has 0 bridgehead atoms. The van der Waals surface area contributed by atoms with E-state index in [9.17, 15) is 14.4 Å². The molecule has 36 heavy (non-hydrogen) atoms.